The lowest BCUT2D eigenvalue weighted by atomic mass is 9.91. The Hall–Kier alpha value is -1.42. The van der Waals surface area contributed by atoms with Gasteiger partial charge in [-0.15, -0.1) is 0 Å². The Kier molecular flexibility index (Phi) is 3.51. The van der Waals surface area contributed by atoms with Crippen molar-refractivity contribution >= 4 is 5.91 Å². The molecule has 1 amide bonds. The van der Waals surface area contributed by atoms with Crippen LogP contribution in [0.25, 0.3) is 0 Å². The van der Waals surface area contributed by atoms with Gasteiger partial charge in [-0.2, -0.15) is 0 Å². The van der Waals surface area contributed by atoms with Crippen molar-refractivity contribution in [2.24, 2.45) is 5.92 Å². The van der Waals surface area contributed by atoms with Crippen LogP contribution in [-0.4, -0.2) is 18.0 Å². The molecule has 2 bridgehead atoms. The molecule has 2 unspecified atom stereocenters. The first-order valence-electron chi connectivity index (χ1n) is 6.99. The number of hydrogen-bond acceptors (Lipinski definition) is 2. The topological polar surface area (TPSA) is 41.1 Å². The minimum Gasteiger partial charge on any atom is -0.352 e. The zero-order chi connectivity index (χ0) is 13.2. The van der Waals surface area contributed by atoms with Gasteiger partial charge in [-0.1, -0.05) is 18.2 Å². The molecular weight excluding hydrogens is 243 g/mol. The summed E-state index contributed by atoms with van der Waals surface area (Å²) in [6, 6.07) is 7.58. The number of piperidine rings is 1. The largest absolute Gasteiger partial charge is 0.352 e. The Labute approximate surface area is 112 Å². The monoisotopic (exact) mass is 262 g/mol. The normalized spacial score (nSPS) is 29.2. The summed E-state index contributed by atoms with van der Waals surface area (Å²) in [5, 5.41) is 6.39. The van der Waals surface area contributed by atoms with Gasteiger partial charge in [0.15, 0.2) is 0 Å². The predicted octanol–water partition coefficient (Wildman–Crippen LogP) is 1.97. The van der Waals surface area contributed by atoms with Gasteiger partial charge in [0.2, 0.25) is 5.91 Å². The third kappa shape index (κ3) is 2.78. The maximum atomic E-state index is 13.5. The number of nitrogens with one attached hydrogen (secondary N) is 2. The van der Waals surface area contributed by atoms with Crippen LogP contribution in [0.4, 0.5) is 4.39 Å². The first-order valence-corrected chi connectivity index (χ1v) is 6.99. The maximum absolute atomic E-state index is 13.5. The average Bonchev–Trinajstić information content (AvgIpc) is 2.76. The van der Waals surface area contributed by atoms with E-state index in [4.69, 9.17) is 0 Å². The number of rotatable bonds is 3. The quantitative estimate of drug-likeness (QED) is 0.874. The summed E-state index contributed by atoms with van der Waals surface area (Å²) in [5.41, 5.74) is 0.549. The highest BCUT2D eigenvalue weighted by Crippen LogP contribution is 2.30. The molecule has 3 rings (SSSR count). The van der Waals surface area contributed by atoms with Gasteiger partial charge in [-0.3, -0.25) is 4.79 Å². The van der Waals surface area contributed by atoms with E-state index in [1.54, 1.807) is 18.2 Å². The van der Waals surface area contributed by atoms with Crippen molar-refractivity contribution in [2.75, 3.05) is 0 Å². The second-order valence-corrected chi connectivity index (χ2v) is 5.62. The summed E-state index contributed by atoms with van der Waals surface area (Å²) < 4.78 is 13.5. The minimum atomic E-state index is -0.256. The summed E-state index contributed by atoms with van der Waals surface area (Å²) >= 11 is 0. The number of benzene rings is 1. The summed E-state index contributed by atoms with van der Waals surface area (Å²) in [7, 11) is 0. The molecule has 19 heavy (non-hydrogen) atoms. The molecule has 4 heteroatoms. The van der Waals surface area contributed by atoms with Crippen LogP contribution in [0.2, 0.25) is 0 Å². The van der Waals surface area contributed by atoms with Crippen LogP contribution in [0, 0.1) is 11.7 Å². The van der Waals surface area contributed by atoms with E-state index < -0.39 is 0 Å². The zero-order valence-electron chi connectivity index (χ0n) is 10.9. The van der Waals surface area contributed by atoms with Gasteiger partial charge in [0, 0.05) is 30.1 Å². The van der Waals surface area contributed by atoms with Gasteiger partial charge in [0.25, 0.3) is 0 Å². The first-order chi connectivity index (χ1) is 9.22. The Morgan fingerprint density at radius 1 is 1.26 bits per heavy atom. The van der Waals surface area contributed by atoms with Gasteiger partial charge in [0.1, 0.15) is 5.82 Å². The summed E-state index contributed by atoms with van der Waals surface area (Å²) in [4.78, 5) is 12.1. The fourth-order valence-corrected chi connectivity index (χ4v) is 3.24. The molecule has 0 aliphatic carbocycles. The SMILES string of the molecule is O=C(NCc1ccccc1F)C1CC2CCC(C1)N2. The third-order valence-electron chi connectivity index (χ3n) is 4.25. The van der Waals surface area contributed by atoms with Crippen LogP contribution in [0.1, 0.15) is 31.2 Å². The number of hydrogen-bond donors (Lipinski definition) is 2. The molecular formula is C15H19FN2O. The molecule has 0 saturated carbocycles. The Bertz CT molecular complexity index is 465. The van der Waals surface area contributed by atoms with Gasteiger partial charge in [0.05, 0.1) is 0 Å². The molecule has 0 radical (unpaired) electrons. The molecule has 2 heterocycles. The van der Waals surface area contributed by atoms with E-state index in [1.807, 2.05) is 0 Å². The van der Waals surface area contributed by atoms with Crippen molar-refractivity contribution < 1.29 is 9.18 Å². The van der Waals surface area contributed by atoms with E-state index in [-0.39, 0.29) is 24.2 Å². The average molecular weight is 262 g/mol. The first kappa shape index (κ1) is 12.6. The van der Waals surface area contributed by atoms with Crippen molar-refractivity contribution in [3.63, 3.8) is 0 Å². The molecule has 1 aromatic rings. The molecule has 2 aliphatic rings. The van der Waals surface area contributed by atoms with Crippen molar-refractivity contribution in [1.82, 2.24) is 10.6 Å². The molecule has 2 atom stereocenters. The minimum absolute atomic E-state index is 0.0710. The van der Waals surface area contributed by atoms with Crippen LogP contribution in [0.5, 0.6) is 0 Å². The van der Waals surface area contributed by atoms with Crippen molar-refractivity contribution in [3.05, 3.63) is 35.6 Å². The Balaban J connectivity index is 1.56. The summed E-state index contributed by atoms with van der Waals surface area (Å²) in [6.07, 6.45) is 4.20. The Morgan fingerprint density at radius 2 is 1.95 bits per heavy atom. The van der Waals surface area contributed by atoms with E-state index >= 15 is 0 Å². The van der Waals surface area contributed by atoms with E-state index in [9.17, 15) is 9.18 Å². The van der Waals surface area contributed by atoms with E-state index in [0.29, 0.717) is 17.6 Å². The molecule has 0 aromatic heterocycles. The second kappa shape index (κ2) is 5.29. The summed E-state index contributed by atoms with van der Waals surface area (Å²) in [5.74, 6) is -0.0969. The van der Waals surface area contributed by atoms with Crippen molar-refractivity contribution in [1.29, 1.82) is 0 Å². The van der Waals surface area contributed by atoms with Crippen LogP contribution in [-0.2, 0) is 11.3 Å². The number of amides is 1. The number of carbonyl (C=O) groups is 1. The number of halogens is 1. The predicted molar refractivity (Wildman–Crippen MR) is 70.9 cm³/mol. The van der Waals surface area contributed by atoms with E-state index in [2.05, 4.69) is 10.6 Å². The van der Waals surface area contributed by atoms with Crippen molar-refractivity contribution in [3.8, 4) is 0 Å². The lowest BCUT2D eigenvalue weighted by Crippen LogP contribution is -2.43. The molecule has 102 valence electrons. The van der Waals surface area contributed by atoms with E-state index in [1.165, 1.54) is 18.9 Å². The standard InChI is InChI=1S/C15H19FN2O/c16-14-4-2-1-3-10(14)9-17-15(19)11-7-12-5-6-13(8-11)18-12/h1-4,11-13,18H,5-9H2,(H,17,19). The highest BCUT2D eigenvalue weighted by atomic mass is 19.1. The van der Waals surface area contributed by atoms with Crippen molar-refractivity contribution in [2.45, 2.75) is 44.3 Å². The van der Waals surface area contributed by atoms with E-state index in [0.717, 1.165) is 12.8 Å². The zero-order valence-corrected chi connectivity index (χ0v) is 10.9. The van der Waals surface area contributed by atoms with Crippen LogP contribution in [0.15, 0.2) is 24.3 Å². The molecule has 2 aliphatic heterocycles. The van der Waals surface area contributed by atoms with Crippen LogP contribution in [0.3, 0.4) is 0 Å². The number of fused-ring (bicyclic) bond motifs is 2. The fraction of sp³-hybridized carbons (Fsp3) is 0.533. The lowest BCUT2D eigenvalue weighted by molar-refractivity contribution is -0.126. The van der Waals surface area contributed by atoms with Gasteiger partial charge < -0.3 is 10.6 Å². The fourth-order valence-electron chi connectivity index (χ4n) is 3.24. The van der Waals surface area contributed by atoms with Crippen LogP contribution >= 0.6 is 0 Å². The molecule has 3 nitrogen and oxygen atoms in total. The summed E-state index contributed by atoms with van der Waals surface area (Å²) in [6.45, 7) is 0.283. The number of carbonyl (C=O) groups excluding carboxylic acids is 1. The molecule has 2 saturated heterocycles. The molecule has 1 aromatic carbocycles. The molecule has 0 spiro atoms. The van der Waals surface area contributed by atoms with Gasteiger partial charge >= 0.3 is 0 Å². The van der Waals surface area contributed by atoms with Crippen LogP contribution < -0.4 is 10.6 Å². The Morgan fingerprint density at radius 3 is 2.63 bits per heavy atom. The highest BCUT2D eigenvalue weighted by molar-refractivity contribution is 5.78. The molecule has 2 N–H and O–H groups in total. The smallest absolute Gasteiger partial charge is 0.223 e. The second-order valence-electron chi connectivity index (χ2n) is 5.62. The van der Waals surface area contributed by atoms with Gasteiger partial charge in [-0.05, 0) is 31.7 Å². The maximum Gasteiger partial charge on any atom is 0.223 e. The highest BCUT2D eigenvalue weighted by Gasteiger charge is 2.36. The molecule has 2 fully saturated rings. The lowest BCUT2D eigenvalue weighted by Gasteiger charge is -2.28. The van der Waals surface area contributed by atoms with Gasteiger partial charge in [-0.25, -0.2) is 4.39 Å². The third-order valence-corrected chi connectivity index (χ3v) is 4.25.